The molecule has 1 aromatic heterocycles. The Morgan fingerprint density at radius 2 is 1.70 bits per heavy atom. The monoisotopic (exact) mass is 268 g/mol. The van der Waals surface area contributed by atoms with Crippen molar-refractivity contribution in [3.8, 4) is 22.9 Å². The molecule has 4 nitrogen and oxygen atoms in total. The summed E-state index contributed by atoms with van der Waals surface area (Å²) < 4.78 is 2.14. The highest BCUT2D eigenvalue weighted by Crippen LogP contribution is 2.28. The van der Waals surface area contributed by atoms with Crippen LogP contribution in [-0.2, 0) is 6.54 Å². The van der Waals surface area contributed by atoms with E-state index in [0.29, 0.717) is 0 Å². The van der Waals surface area contributed by atoms with Crippen LogP contribution in [0.5, 0.6) is 11.5 Å². The number of aromatic nitrogens is 2. The number of hydrogen-bond donors (Lipinski definition) is 2. The average molecular weight is 268 g/mol. The topological polar surface area (TPSA) is 58.3 Å². The first-order chi connectivity index (χ1) is 9.69. The minimum absolute atomic E-state index is 0.218. The molecule has 0 spiro atoms. The van der Waals surface area contributed by atoms with E-state index in [0.717, 1.165) is 35.4 Å². The van der Waals surface area contributed by atoms with Crippen LogP contribution < -0.4 is 0 Å². The molecular formula is C16H16N2O2. The predicted molar refractivity (Wildman–Crippen MR) is 78.8 cm³/mol. The molecule has 3 rings (SSSR count). The third-order valence-electron chi connectivity index (χ3n) is 3.30. The molecule has 102 valence electrons. The van der Waals surface area contributed by atoms with E-state index in [9.17, 15) is 10.2 Å². The number of phenols is 2. The van der Waals surface area contributed by atoms with Crippen LogP contribution in [0.2, 0.25) is 0 Å². The fourth-order valence-electron chi connectivity index (χ4n) is 2.40. The van der Waals surface area contributed by atoms with Gasteiger partial charge in [-0.25, -0.2) is 4.98 Å². The number of fused-ring (bicyclic) bond motifs is 1. The van der Waals surface area contributed by atoms with Crippen LogP contribution in [0.3, 0.4) is 0 Å². The average Bonchev–Trinajstić information content (AvgIpc) is 2.78. The molecule has 0 bridgehead atoms. The number of benzene rings is 2. The lowest BCUT2D eigenvalue weighted by molar-refractivity contribution is 0.475. The summed E-state index contributed by atoms with van der Waals surface area (Å²) in [5.74, 6) is 1.31. The Morgan fingerprint density at radius 3 is 2.40 bits per heavy atom. The maximum Gasteiger partial charge on any atom is 0.141 e. The van der Waals surface area contributed by atoms with E-state index in [1.54, 1.807) is 24.3 Å². The van der Waals surface area contributed by atoms with Crippen molar-refractivity contribution in [1.82, 2.24) is 9.55 Å². The van der Waals surface area contributed by atoms with Gasteiger partial charge in [-0.05, 0) is 42.8 Å². The lowest BCUT2D eigenvalue weighted by Crippen LogP contribution is -1.99. The molecule has 0 aliphatic rings. The van der Waals surface area contributed by atoms with E-state index in [1.807, 2.05) is 18.2 Å². The maximum atomic E-state index is 9.58. The molecule has 0 saturated carbocycles. The Kier molecular flexibility index (Phi) is 3.06. The standard InChI is InChI=1S/C16H16N2O2/c1-2-9-18-15-8-7-13(20)10-14(15)17-16(18)11-3-5-12(19)6-4-11/h3-8,10,19-20H,2,9H2,1H3. The number of imidazole rings is 1. The molecule has 0 unspecified atom stereocenters. The van der Waals surface area contributed by atoms with Crippen molar-refractivity contribution in [3.63, 3.8) is 0 Å². The molecule has 2 N–H and O–H groups in total. The molecule has 0 fully saturated rings. The van der Waals surface area contributed by atoms with Gasteiger partial charge < -0.3 is 14.8 Å². The summed E-state index contributed by atoms with van der Waals surface area (Å²) in [5, 5.41) is 19.0. The van der Waals surface area contributed by atoms with Crippen LogP contribution in [0.25, 0.3) is 22.4 Å². The number of rotatable bonds is 3. The van der Waals surface area contributed by atoms with Crippen LogP contribution in [0.15, 0.2) is 42.5 Å². The third kappa shape index (κ3) is 2.09. The summed E-state index contributed by atoms with van der Waals surface area (Å²) in [6, 6.07) is 12.2. The Morgan fingerprint density at radius 1 is 1.00 bits per heavy atom. The van der Waals surface area contributed by atoms with E-state index in [-0.39, 0.29) is 11.5 Å². The van der Waals surface area contributed by atoms with Crippen molar-refractivity contribution < 1.29 is 10.2 Å². The van der Waals surface area contributed by atoms with Gasteiger partial charge in [-0.15, -0.1) is 0 Å². The van der Waals surface area contributed by atoms with Crippen LogP contribution in [-0.4, -0.2) is 19.8 Å². The SMILES string of the molecule is CCCn1c(-c2ccc(O)cc2)nc2cc(O)ccc21. The molecule has 0 amide bonds. The van der Waals surface area contributed by atoms with Gasteiger partial charge in [0.1, 0.15) is 17.3 Å². The molecule has 1 heterocycles. The van der Waals surface area contributed by atoms with Gasteiger partial charge in [0.05, 0.1) is 11.0 Å². The van der Waals surface area contributed by atoms with Gasteiger partial charge in [-0.1, -0.05) is 6.92 Å². The zero-order valence-corrected chi connectivity index (χ0v) is 11.2. The number of nitrogens with zero attached hydrogens (tertiary/aromatic N) is 2. The van der Waals surface area contributed by atoms with Crippen LogP contribution >= 0.6 is 0 Å². The fourth-order valence-corrected chi connectivity index (χ4v) is 2.40. The lowest BCUT2D eigenvalue weighted by atomic mass is 10.2. The smallest absolute Gasteiger partial charge is 0.141 e. The summed E-state index contributed by atoms with van der Waals surface area (Å²) in [6.45, 7) is 2.98. The highest BCUT2D eigenvalue weighted by molar-refractivity contribution is 5.82. The number of aryl methyl sites for hydroxylation is 1. The molecule has 4 heteroatoms. The molecular weight excluding hydrogens is 252 g/mol. The molecule has 0 aliphatic carbocycles. The Hall–Kier alpha value is -2.49. The lowest BCUT2D eigenvalue weighted by Gasteiger charge is -2.07. The third-order valence-corrected chi connectivity index (χ3v) is 3.30. The van der Waals surface area contributed by atoms with Crippen LogP contribution in [0, 0.1) is 0 Å². The minimum Gasteiger partial charge on any atom is -0.508 e. The van der Waals surface area contributed by atoms with Crippen molar-refractivity contribution in [2.45, 2.75) is 19.9 Å². The molecule has 20 heavy (non-hydrogen) atoms. The second kappa shape index (κ2) is 4.89. The highest BCUT2D eigenvalue weighted by atomic mass is 16.3. The zero-order valence-electron chi connectivity index (χ0n) is 11.2. The first-order valence-electron chi connectivity index (χ1n) is 6.67. The van der Waals surface area contributed by atoms with E-state index >= 15 is 0 Å². The summed E-state index contributed by atoms with van der Waals surface area (Å²) >= 11 is 0. The van der Waals surface area contributed by atoms with Gasteiger partial charge >= 0.3 is 0 Å². The number of phenolic OH excluding ortho intramolecular Hbond substituents is 2. The van der Waals surface area contributed by atoms with E-state index < -0.39 is 0 Å². The van der Waals surface area contributed by atoms with Crippen molar-refractivity contribution in [3.05, 3.63) is 42.5 Å². The summed E-state index contributed by atoms with van der Waals surface area (Å²) in [4.78, 5) is 4.61. The minimum atomic E-state index is 0.218. The molecule has 0 atom stereocenters. The first kappa shape index (κ1) is 12.5. The molecule has 0 aliphatic heterocycles. The summed E-state index contributed by atoms with van der Waals surface area (Å²) in [5.41, 5.74) is 2.74. The van der Waals surface area contributed by atoms with Gasteiger partial charge in [0.15, 0.2) is 0 Å². The van der Waals surface area contributed by atoms with Crippen molar-refractivity contribution in [2.75, 3.05) is 0 Å². The normalized spacial score (nSPS) is 11.1. The van der Waals surface area contributed by atoms with Gasteiger partial charge in [0.25, 0.3) is 0 Å². The van der Waals surface area contributed by atoms with Gasteiger partial charge in [0.2, 0.25) is 0 Å². The fraction of sp³-hybridized carbons (Fsp3) is 0.188. The van der Waals surface area contributed by atoms with Gasteiger partial charge in [-0.3, -0.25) is 0 Å². The summed E-state index contributed by atoms with van der Waals surface area (Å²) in [7, 11) is 0. The molecule has 3 aromatic rings. The maximum absolute atomic E-state index is 9.58. The molecule has 0 radical (unpaired) electrons. The molecule has 2 aromatic carbocycles. The van der Waals surface area contributed by atoms with Gasteiger partial charge in [0, 0.05) is 18.2 Å². The Labute approximate surface area is 116 Å². The highest BCUT2D eigenvalue weighted by Gasteiger charge is 2.12. The summed E-state index contributed by atoms with van der Waals surface area (Å²) in [6.07, 6.45) is 0.997. The number of aromatic hydroxyl groups is 2. The van der Waals surface area contributed by atoms with Crippen molar-refractivity contribution >= 4 is 11.0 Å². The van der Waals surface area contributed by atoms with Crippen molar-refractivity contribution in [2.24, 2.45) is 0 Å². The Balaban J connectivity index is 2.22. The Bertz CT molecular complexity index is 745. The van der Waals surface area contributed by atoms with E-state index in [1.165, 1.54) is 0 Å². The predicted octanol–water partition coefficient (Wildman–Crippen LogP) is 3.52. The van der Waals surface area contributed by atoms with E-state index in [2.05, 4.69) is 16.5 Å². The first-order valence-corrected chi connectivity index (χ1v) is 6.67. The quantitative estimate of drug-likeness (QED) is 0.764. The largest absolute Gasteiger partial charge is 0.508 e. The zero-order chi connectivity index (χ0) is 14.1. The van der Waals surface area contributed by atoms with Gasteiger partial charge in [-0.2, -0.15) is 0 Å². The second-order valence-corrected chi connectivity index (χ2v) is 4.81. The second-order valence-electron chi connectivity index (χ2n) is 4.81. The number of hydrogen-bond acceptors (Lipinski definition) is 3. The van der Waals surface area contributed by atoms with Crippen molar-refractivity contribution in [1.29, 1.82) is 0 Å². The van der Waals surface area contributed by atoms with E-state index in [4.69, 9.17) is 0 Å². The molecule has 0 saturated heterocycles. The van der Waals surface area contributed by atoms with Crippen LogP contribution in [0.1, 0.15) is 13.3 Å². The van der Waals surface area contributed by atoms with Crippen LogP contribution in [0.4, 0.5) is 0 Å².